The smallest absolute Gasteiger partial charge is 0.342 e. The first-order chi connectivity index (χ1) is 8.93. The molecule has 0 aliphatic rings. The molecular weight excluding hydrogens is 262 g/mol. The van der Waals surface area contributed by atoms with Gasteiger partial charge < -0.3 is 10.8 Å². The SMILES string of the molecule is CSc1nn(-c2cc(C)cc(C)c2)c(N)c1C(=O)O. The number of rotatable bonds is 3. The molecule has 0 aliphatic heterocycles. The lowest BCUT2D eigenvalue weighted by atomic mass is 10.1. The molecule has 0 bridgehead atoms. The van der Waals surface area contributed by atoms with Gasteiger partial charge in [0.25, 0.3) is 0 Å². The topological polar surface area (TPSA) is 81.1 Å². The van der Waals surface area contributed by atoms with Crippen LogP contribution in [-0.2, 0) is 0 Å². The first-order valence-electron chi connectivity index (χ1n) is 5.68. The third kappa shape index (κ3) is 2.44. The summed E-state index contributed by atoms with van der Waals surface area (Å²) in [7, 11) is 0. The number of aryl methyl sites for hydroxylation is 2. The van der Waals surface area contributed by atoms with Gasteiger partial charge in [0.1, 0.15) is 16.4 Å². The molecule has 0 radical (unpaired) electrons. The maximum atomic E-state index is 11.2. The predicted octanol–water partition coefficient (Wildman–Crippen LogP) is 2.49. The van der Waals surface area contributed by atoms with E-state index in [-0.39, 0.29) is 11.4 Å². The van der Waals surface area contributed by atoms with E-state index in [1.807, 2.05) is 32.0 Å². The van der Waals surface area contributed by atoms with Crippen LogP contribution >= 0.6 is 11.8 Å². The number of hydrogen-bond acceptors (Lipinski definition) is 4. The second kappa shape index (κ2) is 4.97. The molecule has 0 spiro atoms. The minimum atomic E-state index is -1.06. The molecule has 1 aromatic heterocycles. The largest absolute Gasteiger partial charge is 0.477 e. The number of nitrogens with two attached hydrogens (primary N) is 1. The molecule has 5 nitrogen and oxygen atoms in total. The summed E-state index contributed by atoms with van der Waals surface area (Å²) >= 11 is 1.27. The Balaban J connectivity index is 2.66. The van der Waals surface area contributed by atoms with Gasteiger partial charge in [-0.05, 0) is 43.4 Å². The molecule has 100 valence electrons. The number of nitrogens with zero attached hydrogens (tertiary/aromatic N) is 2. The first-order valence-corrected chi connectivity index (χ1v) is 6.91. The highest BCUT2D eigenvalue weighted by molar-refractivity contribution is 7.98. The number of aromatic carboxylic acids is 1. The van der Waals surface area contributed by atoms with Crippen LogP contribution in [0.15, 0.2) is 23.2 Å². The molecule has 0 saturated carbocycles. The molecule has 0 amide bonds. The fourth-order valence-electron chi connectivity index (χ4n) is 2.02. The van der Waals surface area contributed by atoms with E-state index in [9.17, 15) is 9.90 Å². The number of anilines is 1. The number of carboxylic acids is 1. The average molecular weight is 277 g/mol. The van der Waals surface area contributed by atoms with E-state index in [0.29, 0.717) is 5.03 Å². The average Bonchev–Trinajstić information content (AvgIpc) is 2.64. The van der Waals surface area contributed by atoms with Crippen LogP contribution in [0.4, 0.5) is 5.82 Å². The van der Waals surface area contributed by atoms with Crippen LogP contribution in [0.3, 0.4) is 0 Å². The molecule has 0 unspecified atom stereocenters. The summed E-state index contributed by atoms with van der Waals surface area (Å²) in [6.45, 7) is 3.95. The predicted molar refractivity (Wildman–Crippen MR) is 76.2 cm³/mol. The number of aromatic nitrogens is 2. The molecule has 3 N–H and O–H groups in total. The molecule has 0 fully saturated rings. The van der Waals surface area contributed by atoms with Gasteiger partial charge in [-0.3, -0.25) is 0 Å². The Kier molecular flexibility index (Phi) is 3.53. The summed E-state index contributed by atoms with van der Waals surface area (Å²) in [5.41, 5.74) is 8.91. The molecule has 6 heteroatoms. The highest BCUT2D eigenvalue weighted by Crippen LogP contribution is 2.27. The van der Waals surface area contributed by atoms with Crippen LogP contribution in [0.2, 0.25) is 0 Å². The van der Waals surface area contributed by atoms with Crippen LogP contribution in [0.25, 0.3) is 5.69 Å². The van der Waals surface area contributed by atoms with E-state index in [1.54, 1.807) is 6.26 Å². The highest BCUT2D eigenvalue weighted by Gasteiger charge is 2.21. The van der Waals surface area contributed by atoms with Crippen LogP contribution in [0.5, 0.6) is 0 Å². The van der Waals surface area contributed by atoms with Gasteiger partial charge in [-0.25, -0.2) is 9.48 Å². The molecular formula is C13H15N3O2S. The van der Waals surface area contributed by atoms with Crippen molar-refractivity contribution in [2.45, 2.75) is 18.9 Å². The molecule has 0 saturated heterocycles. The van der Waals surface area contributed by atoms with E-state index >= 15 is 0 Å². The zero-order valence-corrected chi connectivity index (χ0v) is 11.8. The van der Waals surface area contributed by atoms with Crippen molar-refractivity contribution in [2.24, 2.45) is 0 Å². The van der Waals surface area contributed by atoms with Crippen molar-refractivity contribution >= 4 is 23.5 Å². The second-order valence-corrected chi connectivity index (χ2v) is 5.13. The Morgan fingerprint density at radius 2 is 1.89 bits per heavy atom. The van der Waals surface area contributed by atoms with E-state index < -0.39 is 5.97 Å². The lowest BCUT2D eigenvalue weighted by molar-refractivity contribution is 0.0694. The first kappa shape index (κ1) is 13.5. The lowest BCUT2D eigenvalue weighted by Gasteiger charge is -2.06. The quantitative estimate of drug-likeness (QED) is 0.842. The van der Waals surface area contributed by atoms with E-state index in [1.165, 1.54) is 16.4 Å². The summed E-state index contributed by atoms with van der Waals surface area (Å²) < 4.78 is 1.48. The fraction of sp³-hybridized carbons (Fsp3) is 0.231. The maximum absolute atomic E-state index is 11.2. The van der Waals surface area contributed by atoms with Gasteiger partial charge in [0, 0.05) is 0 Å². The van der Waals surface area contributed by atoms with E-state index in [2.05, 4.69) is 5.10 Å². The Morgan fingerprint density at radius 3 is 2.32 bits per heavy atom. The van der Waals surface area contributed by atoms with Crippen molar-refractivity contribution in [2.75, 3.05) is 12.0 Å². The maximum Gasteiger partial charge on any atom is 0.342 e. The molecule has 0 aliphatic carbocycles. The number of carboxylic acid groups (broad SMARTS) is 1. The summed E-state index contributed by atoms with van der Waals surface area (Å²) in [4.78, 5) is 11.2. The molecule has 19 heavy (non-hydrogen) atoms. The standard InChI is InChI=1S/C13H15N3O2S/c1-7-4-8(2)6-9(5-7)16-11(14)10(13(17)18)12(15-16)19-3/h4-6H,14H2,1-3H3,(H,17,18). The fourth-order valence-corrected chi connectivity index (χ4v) is 2.58. The molecule has 2 aromatic rings. The Morgan fingerprint density at radius 1 is 1.32 bits per heavy atom. The highest BCUT2D eigenvalue weighted by atomic mass is 32.2. The van der Waals surface area contributed by atoms with Gasteiger partial charge in [0.15, 0.2) is 0 Å². The molecule has 1 heterocycles. The van der Waals surface area contributed by atoms with Crippen molar-refractivity contribution < 1.29 is 9.90 Å². The number of benzene rings is 1. The zero-order valence-electron chi connectivity index (χ0n) is 11.0. The third-order valence-corrected chi connectivity index (χ3v) is 3.42. The number of thioether (sulfide) groups is 1. The van der Waals surface area contributed by atoms with Gasteiger partial charge in [0.05, 0.1) is 5.69 Å². The van der Waals surface area contributed by atoms with Crippen molar-refractivity contribution in [3.8, 4) is 5.69 Å². The van der Waals surface area contributed by atoms with Gasteiger partial charge >= 0.3 is 5.97 Å². The van der Waals surface area contributed by atoms with Gasteiger partial charge in [0.2, 0.25) is 0 Å². The van der Waals surface area contributed by atoms with E-state index in [0.717, 1.165) is 16.8 Å². The minimum Gasteiger partial charge on any atom is -0.477 e. The third-order valence-electron chi connectivity index (χ3n) is 2.75. The van der Waals surface area contributed by atoms with Crippen molar-refractivity contribution in [3.63, 3.8) is 0 Å². The summed E-state index contributed by atoms with van der Waals surface area (Å²) in [6, 6.07) is 5.88. The Bertz CT molecular complexity index is 629. The normalized spacial score (nSPS) is 10.7. The van der Waals surface area contributed by atoms with Gasteiger partial charge in [-0.2, -0.15) is 5.10 Å². The zero-order chi connectivity index (χ0) is 14.2. The number of nitrogen functional groups attached to an aromatic ring is 1. The number of hydrogen-bond donors (Lipinski definition) is 2. The summed E-state index contributed by atoms with van der Waals surface area (Å²) in [5, 5.41) is 13.9. The van der Waals surface area contributed by atoms with Crippen LogP contribution in [0.1, 0.15) is 21.5 Å². The van der Waals surface area contributed by atoms with Gasteiger partial charge in [-0.15, -0.1) is 11.8 Å². The van der Waals surface area contributed by atoms with Crippen molar-refractivity contribution in [1.82, 2.24) is 9.78 Å². The lowest BCUT2D eigenvalue weighted by Crippen LogP contribution is -2.06. The second-order valence-electron chi connectivity index (χ2n) is 4.33. The van der Waals surface area contributed by atoms with Gasteiger partial charge in [-0.1, -0.05) is 6.07 Å². The van der Waals surface area contributed by atoms with Crippen molar-refractivity contribution in [1.29, 1.82) is 0 Å². The van der Waals surface area contributed by atoms with Crippen molar-refractivity contribution in [3.05, 3.63) is 34.9 Å². The number of carbonyl (C=O) groups is 1. The van der Waals surface area contributed by atoms with Crippen LogP contribution in [0, 0.1) is 13.8 Å². The van der Waals surface area contributed by atoms with Crippen LogP contribution < -0.4 is 5.73 Å². The van der Waals surface area contributed by atoms with E-state index in [4.69, 9.17) is 5.73 Å². The molecule has 2 rings (SSSR count). The Hall–Kier alpha value is -1.95. The molecule has 0 atom stereocenters. The Labute approximate surface area is 115 Å². The minimum absolute atomic E-state index is 0.0617. The monoisotopic (exact) mass is 277 g/mol. The summed E-state index contributed by atoms with van der Waals surface area (Å²) in [6.07, 6.45) is 1.78. The molecule has 1 aromatic carbocycles. The summed E-state index contributed by atoms with van der Waals surface area (Å²) in [5.74, 6) is -0.903. The van der Waals surface area contributed by atoms with Crippen LogP contribution in [-0.4, -0.2) is 27.1 Å².